The number of nitrogens with zero attached hydrogens (tertiary/aromatic N) is 3. The maximum absolute atomic E-state index is 10.4. The van der Waals surface area contributed by atoms with Crippen molar-refractivity contribution in [1.82, 2.24) is 20.2 Å². The van der Waals surface area contributed by atoms with Crippen molar-refractivity contribution >= 4 is 16.9 Å². The monoisotopic (exact) mass is 351 g/mol. The molecule has 0 saturated heterocycles. The first-order valence-corrected chi connectivity index (χ1v) is 9.39. The summed E-state index contributed by atoms with van der Waals surface area (Å²) in [5.74, 6) is 1.99. The average Bonchev–Trinajstić information content (AvgIpc) is 3.12. The molecule has 1 aromatic carbocycles. The van der Waals surface area contributed by atoms with Crippen molar-refractivity contribution < 1.29 is 5.11 Å². The Bertz CT molecular complexity index is 828. The zero-order chi connectivity index (χ0) is 17.8. The molecule has 0 radical (unpaired) electrons. The van der Waals surface area contributed by atoms with Gasteiger partial charge >= 0.3 is 0 Å². The number of aryl methyl sites for hydroxylation is 1. The molecule has 2 aromatic heterocycles. The number of aliphatic hydroxyl groups is 1. The van der Waals surface area contributed by atoms with E-state index in [1.165, 1.54) is 5.56 Å². The predicted molar refractivity (Wildman–Crippen MR) is 102 cm³/mol. The minimum absolute atomic E-state index is 0.174. The van der Waals surface area contributed by atoms with Crippen LogP contribution in [0.4, 0.5) is 5.82 Å². The van der Waals surface area contributed by atoms with Crippen molar-refractivity contribution in [3.63, 3.8) is 0 Å². The Hall–Kier alpha value is -2.47. The fourth-order valence-electron chi connectivity index (χ4n) is 3.83. The molecule has 1 saturated carbocycles. The van der Waals surface area contributed by atoms with Crippen LogP contribution in [0, 0.1) is 11.8 Å². The Labute approximate surface area is 153 Å². The van der Waals surface area contributed by atoms with Gasteiger partial charge in [0.15, 0.2) is 5.65 Å². The molecule has 0 spiro atoms. The number of aromatic amines is 1. The fourth-order valence-corrected chi connectivity index (χ4v) is 3.83. The highest BCUT2D eigenvalue weighted by Crippen LogP contribution is 2.39. The molecule has 0 amide bonds. The van der Waals surface area contributed by atoms with Crippen LogP contribution in [-0.4, -0.2) is 37.9 Å². The smallest absolute Gasteiger partial charge is 0.160 e. The van der Waals surface area contributed by atoms with E-state index in [9.17, 15) is 5.11 Å². The van der Waals surface area contributed by atoms with E-state index in [1.807, 2.05) is 6.07 Å². The van der Waals surface area contributed by atoms with Crippen molar-refractivity contribution in [2.24, 2.45) is 11.8 Å². The second-order valence-corrected chi connectivity index (χ2v) is 7.26. The molecule has 6 heteroatoms. The minimum atomic E-state index is -0.174. The van der Waals surface area contributed by atoms with Crippen LogP contribution in [-0.2, 0) is 6.42 Å². The number of nitrogens with one attached hydrogen (secondary N) is 2. The first-order valence-electron chi connectivity index (χ1n) is 9.39. The van der Waals surface area contributed by atoms with Crippen LogP contribution in [0.2, 0.25) is 0 Å². The van der Waals surface area contributed by atoms with E-state index in [0.717, 1.165) is 55.5 Å². The van der Waals surface area contributed by atoms with Gasteiger partial charge in [-0.1, -0.05) is 30.3 Å². The molecule has 26 heavy (non-hydrogen) atoms. The molecule has 1 fully saturated rings. The SMILES string of the molecule is O[C@@H](CCc1ccccc1)C1CC(CCNc2ncnc3[nH]ncc23)C1. The van der Waals surface area contributed by atoms with Crippen LogP contribution in [0.15, 0.2) is 42.9 Å². The Morgan fingerprint density at radius 1 is 1.19 bits per heavy atom. The first-order chi connectivity index (χ1) is 12.8. The normalized spacial score (nSPS) is 20.7. The summed E-state index contributed by atoms with van der Waals surface area (Å²) in [5, 5.41) is 21.6. The molecule has 3 N–H and O–H groups in total. The van der Waals surface area contributed by atoms with Crippen LogP contribution in [0.25, 0.3) is 11.0 Å². The first kappa shape index (κ1) is 17.0. The van der Waals surface area contributed by atoms with Gasteiger partial charge in [-0.3, -0.25) is 5.10 Å². The zero-order valence-electron chi connectivity index (χ0n) is 14.8. The van der Waals surface area contributed by atoms with Gasteiger partial charge in [0.25, 0.3) is 0 Å². The highest BCUT2D eigenvalue weighted by Gasteiger charge is 2.33. The molecule has 1 aliphatic rings. The third kappa shape index (κ3) is 3.85. The largest absolute Gasteiger partial charge is 0.393 e. The molecule has 6 nitrogen and oxygen atoms in total. The number of H-pyrrole nitrogens is 1. The van der Waals surface area contributed by atoms with Crippen molar-refractivity contribution in [3.05, 3.63) is 48.4 Å². The lowest BCUT2D eigenvalue weighted by Crippen LogP contribution is -2.34. The van der Waals surface area contributed by atoms with Gasteiger partial charge in [-0.25, -0.2) is 9.97 Å². The maximum atomic E-state index is 10.4. The van der Waals surface area contributed by atoms with E-state index in [4.69, 9.17) is 0 Å². The summed E-state index contributed by atoms with van der Waals surface area (Å²) < 4.78 is 0. The topological polar surface area (TPSA) is 86.7 Å². The third-order valence-electron chi connectivity index (χ3n) is 5.48. The molecule has 2 heterocycles. The summed E-state index contributed by atoms with van der Waals surface area (Å²) in [6, 6.07) is 10.4. The Morgan fingerprint density at radius 2 is 2.04 bits per heavy atom. The number of hydrogen-bond donors (Lipinski definition) is 3. The standard InChI is InChI=1S/C20H25N5O/c26-18(7-6-14-4-2-1-3-5-14)16-10-15(11-16)8-9-21-19-17-12-24-25-20(17)23-13-22-19/h1-5,12-13,15-16,18,26H,6-11H2,(H2,21,22,23,24,25)/t15?,16?,18-/m0/s1. The number of benzene rings is 1. The Balaban J connectivity index is 1.17. The summed E-state index contributed by atoms with van der Waals surface area (Å²) in [6.45, 7) is 0.884. The minimum Gasteiger partial charge on any atom is -0.393 e. The quantitative estimate of drug-likeness (QED) is 0.580. The van der Waals surface area contributed by atoms with Gasteiger partial charge < -0.3 is 10.4 Å². The molecule has 3 aromatic rings. The van der Waals surface area contributed by atoms with Crippen molar-refractivity contribution in [2.45, 2.75) is 38.2 Å². The Kier molecular flexibility index (Phi) is 5.11. The van der Waals surface area contributed by atoms with E-state index in [2.05, 4.69) is 49.7 Å². The van der Waals surface area contributed by atoms with Crippen molar-refractivity contribution in [3.8, 4) is 0 Å². The molecule has 0 bridgehead atoms. The number of aliphatic hydroxyl groups excluding tert-OH is 1. The lowest BCUT2D eigenvalue weighted by molar-refractivity contribution is 0.0210. The van der Waals surface area contributed by atoms with Crippen molar-refractivity contribution in [1.29, 1.82) is 0 Å². The molecule has 136 valence electrons. The Morgan fingerprint density at radius 3 is 2.88 bits per heavy atom. The molecule has 0 unspecified atom stereocenters. The van der Waals surface area contributed by atoms with E-state index >= 15 is 0 Å². The van der Waals surface area contributed by atoms with Crippen molar-refractivity contribution in [2.75, 3.05) is 11.9 Å². The van der Waals surface area contributed by atoms with Crippen LogP contribution in [0.3, 0.4) is 0 Å². The molecular formula is C20H25N5O. The van der Waals surface area contributed by atoms with E-state index in [-0.39, 0.29) is 6.10 Å². The predicted octanol–water partition coefficient (Wildman–Crippen LogP) is 3.17. The number of aromatic nitrogens is 4. The second-order valence-electron chi connectivity index (χ2n) is 7.26. The second kappa shape index (κ2) is 7.83. The number of hydrogen-bond acceptors (Lipinski definition) is 5. The van der Waals surface area contributed by atoms with Gasteiger partial charge in [-0.2, -0.15) is 5.10 Å². The lowest BCUT2D eigenvalue weighted by atomic mass is 9.70. The molecular weight excluding hydrogens is 326 g/mol. The lowest BCUT2D eigenvalue weighted by Gasteiger charge is -2.38. The molecule has 1 aliphatic carbocycles. The maximum Gasteiger partial charge on any atom is 0.160 e. The summed E-state index contributed by atoms with van der Waals surface area (Å²) >= 11 is 0. The van der Waals surface area contributed by atoms with E-state index < -0.39 is 0 Å². The van der Waals surface area contributed by atoms with Gasteiger partial charge in [0, 0.05) is 6.54 Å². The number of rotatable bonds is 8. The molecule has 1 atom stereocenters. The zero-order valence-corrected chi connectivity index (χ0v) is 14.8. The van der Waals surface area contributed by atoms with Gasteiger partial charge in [-0.05, 0) is 49.5 Å². The van der Waals surface area contributed by atoms with Gasteiger partial charge in [0.1, 0.15) is 12.1 Å². The van der Waals surface area contributed by atoms with Gasteiger partial charge in [0.05, 0.1) is 17.7 Å². The highest BCUT2D eigenvalue weighted by atomic mass is 16.3. The van der Waals surface area contributed by atoms with Crippen LogP contribution in [0.1, 0.15) is 31.2 Å². The number of anilines is 1. The van der Waals surface area contributed by atoms with E-state index in [1.54, 1.807) is 12.5 Å². The number of fused-ring (bicyclic) bond motifs is 1. The van der Waals surface area contributed by atoms with Crippen LogP contribution >= 0.6 is 0 Å². The summed E-state index contributed by atoms with van der Waals surface area (Å²) in [7, 11) is 0. The summed E-state index contributed by atoms with van der Waals surface area (Å²) in [5.41, 5.74) is 2.06. The van der Waals surface area contributed by atoms with Gasteiger partial charge in [0.2, 0.25) is 0 Å². The van der Waals surface area contributed by atoms with Crippen LogP contribution < -0.4 is 5.32 Å². The molecule has 4 rings (SSSR count). The summed E-state index contributed by atoms with van der Waals surface area (Å²) in [4.78, 5) is 8.44. The van der Waals surface area contributed by atoms with Crippen LogP contribution in [0.5, 0.6) is 0 Å². The fraction of sp³-hybridized carbons (Fsp3) is 0.450. The third-order valence-corrected chi connectivity index (χ3v) is 5.48. The van der Waals surface area contributed by atoms with E-state index in [0.29, 0.717) is 11.8 Å². The van der Waals surface area contributed by atoms with Gasteiger partial charge in [-0.15, -0.1) is 0 Å². The highest BCUT2D eigenvalue weighted by molar-refractivity contribution is 5.85. The summed E-state index contributed by atoms with van der Waals surface area (Å²) in [6.07, 6.45) is 8.30. The molecule has 0 aliphatic heterocycles. The average molecular weight is 351 g/mol.